The third-order valence-electron chi connectivity index (χ3n) is 4.44. The molecule has 0 aliphatic carbocycles. The third-order valence-corrected chi connectivity index (χ3v) is 4.44. The minimum atomic E-state index is -0.357. The summed E-state index contributed by atoms with van der Waals surface area (Å²) < 4.78 is 4.95. The van der Waals surface area contributed by atoms with E-state index in [4.69, 9.17) is 4.74 Å². The number of para-hydroxylation sites is 1. The maximum Gasteiger partial charge on any atom is 0.323 e. The monoisotopic (exact) mass is 307 g/mol. The van der Waals surface area contributed by atoms with Crippen LogP contribution in [0.3, 0.4) is 0 Å². The van der Waals surface area contributed by atoms with Crippen molar-refractivity contribution < 1.29 is 9.53 Å². The summed E-state index contributed by atoms with van der Waals surface area (Å²) in [5.41, 5.74) is 4.44. The molecule has 3 aromatic rings. The molecule has 23 heavy (non-hydrogen) atoms. The van der Waals surface area contributed by atoms with Crippen LogP contribution in [0.15, 0.2) is 48.8 Å². The van der Waals surface area contributed by atoms with Gasteiger partial charge in [-0.2, -0.15) is 0 Å². The van der Waals surface area contributed by atoms with Gasteiger partial charge in [0, 0.05) is 35.4 Å². The Morgan fingerprint density at radius 3 is 2.78 bits per heavy atom. The Labute approximate surface area is 133 Å². The Bertz CT molecular complexity index is 857. The van der Waals surface area contributed by atoms with Crippen LogP contribution >= 0.6 is 0 Å². The SMILES string of the molecule is COC(=O)C1Cc2c([nH]c3ccccc23)C(c2ccncc2)N1. The molecule has 5 heteroatoms. The minimum Gasteiger partial charge on any atom is -0.468 e. The molecule has 2 unspecified atom stereocenters. The number of aromatic nitrogens is 2. The molecule has 2 N–H and O–H groups in total. The molecule has 1 aliphatic heterocycles. The number of fused-ring (bicyclic) bond motifs is 3. The molecule has 0 amide bonds. The number of pyridine rings is 1. The van der Waals surface area contributed by atoms with Gasteiger partial charge in [-0.25, -0.2) is 0 Å². The number of H-pyrrole nitrogens is 1. The summed E-state index contributed by atoms with van der Waals surface area (Å²) in [7, 11) is 1.43. The molecular formula is C18H17N3O2. The molecule has 0 saturated heterocycles. The van der Waals surface area contributed by atoms with Gasteiger partial charge in [-0.15, -0.1) is 0 Å². The first-order valence-electron chi connectivity index (χ1n) is 7.61. The zero-order chi connectivity index (χ0) is 15.8. The lowest BCUT2D eigenvalue weighted by molar-refractivity contribution is -0.143. The normalized spacial score (nSPS) is 20.2. The van der Waals surface area contributed by atoms with Gasteiger partial charge < -0.3 is 9.72 Å². The molecule has 116 valence electrons. The highest BCUT2D eigenvalue weighted by atomic mass is 16.5. The second kappa shape index (κ2) is 5.52. The highest BCUT2D eigenvalue weighted by Crippen LogP contribution is 2.35. The summed E-state index contributed by atoms with van der Waals surface area (Å²) >= 11 is 0. The van der Waals surface area contributed by atoms with E-state index >= 15 is 0 Å². The molecule has 0 fully saturated rings. The Morgan fingerprint density at radius 1 is 1.22 bits per heavy atom. The van der Waals surface area contributed by atoms with Crippen LogP contribution in [-0.2, 0) is 16.0 Å². The Morgan fingerprint density at radius 2 is 2.00 bits per heavy atom. The van der Waals surface area contributed by atoms with Crippen LogP contribution in [0.25, 0.3) is 10.9 Å². The van der Waals surface area contributed by atoms with E-state index in [1.54, 1.807) is 12.4 Å². The Kier molecular flexibility index (Phi) is 3.35. The van der Waals surface area contributed by atoms with Crippen LogP contribution < -0.4 is 5.32 Å². The number of hydrogen-bond acceptors (Lipinski definition) is 4. The van der Waals surface area contributed by atoms with Gasteiger partial charge in [-0.1, -0.05) is 18.2 Å². The van der Waals surface area contributed by atoms with E-state index in [-0.39, 0.29) is 18.1 Å². The maximum atomic E-state index is 12.1. The molecule has 0 radical (unpaired) electrons. The summed E-state index contributed by atoms with van der Waals surface area (Å²) in [4.78, 5) is 19.7. The highest BCUT2D eigenvalue weighted by molar-refractivity contribution is 5.87. The fraction of sp³-hybridized carbons (Fsp3) is 0.222. The van der Waals surface area contributed by atoms with Crippen molar-refractivity contribution >= 4 is 16.9 Å². The molecule has 1 aromatic carbocycles. The van der Waals surface area contributed by atoms with Crippen LogP contribution in [0.1, 0.15) is 22.9 Å². The number of ether oxygens (including phenoxy) is 1. The van der Waals surface area contributed by atoms with E-state index in [1.807, 2.05) is 24.3 Å². The second-order valence-electron chi connectivity index (χ2n) is 5.72. The average molecular weight is 307 g/mol. The molecule has 3 heterocycles. The van der Waals surface area contributed by atoms with E-state index in [9.17, 15) is 4.79 Å². The Hall–Kier alpha value is -2.66. The molecule has 0 bridgehead atoms. The first-order chi connectivity index (χ1) is 11.3. The number of hydrogen-bond donors (Lipinski definition) is 2. The van der Waals surface area contributed by atoms with Gasteiger partial charge in [-0.05, 0) is 29.3 Å². The molecule has 2 aromatic heterocycles. The summed E-state index contributed by atoms with van der Waals surface area (Å²) in [5.74, 6) is -0.236. The molecule has 5 nitrogen and oxygen atoms in total. The van der Waals surface area contributed by atoms with Crippen LogP contribution in [0.4, 0.5) is 0 Å². The summed E-state index contributed by atoms with van der Waals surface area (Å²) in [6.07, 6.45) is 4.15. The number of benzene rings is 1. The van der Waals surface area contributed by atoms with Gasteiger partial charge in [-0.3, -0.25) is 15.1 Å². The van der Waals surface area contributed by atoms with Gasteiger partial charge >= 0.3 is 5.97 Å². The fourth-order valence-corrected chi connectivity index (χ4v) is 3.35. The van der Waals surface area contributed by atoms with Crippen LogP contribution in [0.5, 0.6) is 0 Å². The standard InChI is InChI=1S/C18H17N3O2/c1-23-18(22)15-10-13-12-4-2-3-5-14(12)20-17(13)16(21-15)11-6-8-19-9-7-11/h2-9,15-16,20-21H,10H2,1H3. The zero-order valence-electron chi connectivity index (χ0n) is 12.7. The van der Waals surface area contributed by atoms with Crippen molar-refractivity contribution in [3.8, 4) is 0 Å². The molecular weight excluding hydrogens is 290 g/mol. The fourth-order valence-electron chi connectivity index (χ4n) is 3.35. The van der Waals surface area contributed by atoms with Crippen molar-refractivity contribution in [2.24, 2.45) is 0 Å². The smallest absolute Gasteiger partial charge is 0.323 e. The molecule has 0 saturated carbocycles. The molecule has 0 spiro atoms. The van der Waals surface area contributed by atoms with E-state index < -0.39 is 0 Å². The first-order valence-corrected chi connectivity index (χ1v) is 7.61. The number of carbonyl (C=O) groups is 1. The second-order valence-corrected chi connectivity index (χ2v) is 5.72. The number of methoxy groups -OCH3 is 1. The molecule has 4 rings (SSSR count). The third kappa shape index (κ3) is 2.29. The lowest BCUT2D eigenvalue weighted by atomic mass is 9.91. The van der Waals surface area contributed by atoms with Crippen LogP contribution in [0.2, 0.25) is 0 Å². The van der Waals surface area contributed by atoms with Crippen molar-refractivity contribution in [1.82, 2.24) is 15.3 Å². The van der Waals surface area contributed by atoms with Gasteiger partial charge in [0.05, 0.1) is 13.2 Å². The summed E-state index contributed by atoms with van der Waals surface area (Å²) in [5, 5.41) is 4.57. The van der Waals surface area contributed by atoms with Gasteiger partial charge in [0.1, 0.15) is 6.04 Å². The van der Waals surface area contributed by atoms with E-state index in [0.29, 0.717) is 6.42 Å². The van der Waals surface area contributed by atoms with Gasteiger partial charge in [0.2, 0.25) is 0 Å². The zero-order valence-corrected chi connectivity index (χ0v) is 12.7. The number of esters is 1. The lowest BCUT2D eigenvalue weighted by Gasteiger charge is -2.30. The largest absolute Gasteiger partial charge is 0.468 e. The Balaban J connectivity index is 1.88. The van der Waals surface area contributed by atoms with Crippen LogP contribution in [0, 0.1) is 0 Å². The van der Waals surface area contributed by atoms with E-state index in [1.165, 1.54) is 12.7 Å². The highest BCUT2D eigenvalue weighted by Gasteiger charge is 2.34. The first kappa shape index (κ1) is 14.0. The average Bonchev–Trinajstić information content (AvgIpc) is 2.99. The lowest BCUT2D eigenvalue weighted by Crippen LogP contribution is -2.45. The maximum absolute atomic E-state index is 12.1. The minimum absolute atomic E-state index is 0.0850. The number of aromatic amines is 1. The van der Waals surface area contributed by atoms with Gasteiger partial charge in [0.25, 0.3) is 0 Å². The predicted molar refractivity (Wildman–Crippen MR) is 87.0 cm³/mol. The number of carbonyl (C=O) groups excluding carboxylic acids is 1. The number of rotatable bonds is 2. The summed E-state index contributed by atoms with van der Waals surface area (Å²) in [6, 6.07) is 11.7. The van der Waals surface area contributed by atoms with E-state index in [0.717, 1.165) is 22.2 Å². The van der Waals surface area contributed by atoms with Crippen molar-refractivity contribution in [2.45, 2.75) is 18.5 Å². The van der Waals surface area contributed by atoms with Crippen molar-refractivity contribution in [3.63, 3.8) is 0 Å². The van der Waals surface area contributed by atoms with E-state index in [2.05, 4.69) is 27.4 Å². The number of nitrogens with one attached hydrogen (secondary N) is 2. The van der Waals surface area contributed by atoms with Crippen LogP contribution in [-0.4, -0.2) is 29.1 Å². The van der Waals surface area contributed by atoms with Crippen molar-refractivity contribution in [1.29, 1.82) is 0 Å². The molecule has 2 atom stereocenters. The topological polar surface area (TPSA) is 67.0 Å². The quantitative estimate of drug-likeness (QED) is 0.713. The predicted octanol–water partition coefficient (Wildman–Crippen LogP) is 2.34. The van der Waals surface area contributed by atoms with Crippen molar-refractivity contribution in [3.05, 3.63) is 65.6 Å². The van der Waals surface area contributed by atoms with Crippen molar-refractivity contribution in [2.75, 3.05) is 7.11 Å². The number of nitrogens with zero attached hydrogens (tertiary/aromatic N) is 1. The van der Waals surface area contributed by atoms with Gasteiger partial charge in [0.15, 0.2) is 0 Å². The molecule has 1 aliphatic rings. The summed E-state index contributed by atoms with van der Waals surface area (Å²) in [6.45, 7) is 0.